The van der Waals surface area contributed by atoms with Gasteiger partial charge in [-0.1, -0.05) is 12.1 Å². The second kappa shape index (κ2) is 5.53. The first kappa shape index (κ1) is 14.4. The van der Waals surface area contributed by atoms with Crippen molar-refractivity contribution in [3.8, 4) is 0 Å². The summed E-state index contributed by atoms with van der Waals surface area (Å²) in [5.74, 6) is 0. The maximum atomic E-state index is 12.1. The lowest BCUT2D eigenvalue weighted by atomic mass is 9.98. The SMILES string of the molecule is CC(C)(C)OC(=O)N1CCc2cccc(NC=O)c2C1. The van der Waals surface area contributed by atoms with Gasteiger partial charge in [-0.25, -0.2) is 4.79 Å². The van der Waals surface area contributed by atoms with Gasteiger partial charge in [0.15, 0.2) is 0 Å². The highest BCUT2D eigenvalue weighted by Gasteiger charge is 2.26. The number of carbonyl (C=O) groups excluding carboxylic acids is 2. The molecule has 0 spiro atoms. The zero-order valence-corrected chi connectivity index (χ0v) is 12.1. The fourth-order valence-electron chi connectivity index (χ4n) is 2.26. The van der Waals surface area contributed by atoms with E-state index in [1.807, 2.05) is 39.0 Å². The van der Waals surface area contributed by atoms with Crippen molar-refractivity contribution in [3.63, 3.8) is 0 Å². The van der Waals surface area contributed by atoms with E-state index in [2.05, 4.69) is 5.32 Å². The highest BCUT2D eigenvalue weighted by Crippen LogP contribution is 2.27. The smallest absolute Gasteiger partial charge is 0.410 e. The third-order valence-electron chi connectivity index (χ3n) is 3.14. The summed E-state index contributed by atoms with van der Waals surface area (Å²) >= 11 is 0. The molecule has 0 saturated heterocycles. The summed E-state index contributed by atoms with van der Waals surface area (Å²) in [7, 11) is 0. The number of anilines is 1. The first-order valence-corrected chi connectivity index (χ1v) is 6.69. The van der Waals surface area contributed by atoms with Crippen LogP contribution in [0.5, 0.6) is 0 Å². The molecule has 0 bridgehead atoms. The average Bonchev–Trinajstić information content (AvgIpc) is 2.37. The van der Waals surface area contributed by atoms with Crippen LogP contribution in [0.2, 0.25) is 0 Å². The molecule has 1 heterocycles. The minimum Gasteiger partial charge on any atom is -0.444 e. The average molecular weight is 276 g/mol. The van der Waals surface area contributed by atoms with Crippen LogP contribution >= 0.6 is 0 Å². The molecule has 20 heavy (non-hydrogen) atoms. The zero-order chi connectivity index (χ0) is 14.8. The second-order valence-corrected chi connectivity index (χ2v) is 5.86. The molecule has 0 atom stereocenters. The lowest BCUT2D eigenvalue weighted by Gasteiger charge is -2.32. The summed E-state index contributed by atoms with van der Waals surface area (Å²) in [4.78, 5) is 24.4. The van der Waals surface area contributed by atoms with E-state index in [-0.39, 0.29) is 6.09 Å². The van der Waals surface area contributed by atoms with Gasteiger partial charge in [-0.15, -0.1) is 0 Å². The number of nitrogens with zero attached hydrogens (tertiary/aromatic N) is 1. The lowest BCUT2D eigenvalue weighted by Crippen LogP contribution is -2.40. The van der Waals surface area contributed by atoms with Gasteiger partial charge < -0.3 is 15.0 Å². The van der Waals surface area contributed by atoms with E-state index in [4.69, 9.17) is 4.74 Å². The first-order valence-electron chi connectivity index (χ1n) is 6.69. The van der Waals surface area contributed by atoms with Crippen molar-refractivity contribution >= 4 is 18.2 Å². The Morgan fingerprint density at radius 2 is 2.15 bits per heavy atom. The van der Waals surface area contributed by atoms with Gasteiger partial charge in [0.2, 0.25) is 6.41 Å². The van der Waals surface area contributed by atoms with E-state index >= 15 is 0 Å². The number of benzene rings is 1. The molecule has 1 aromatic rings. The molecular weight excluding hydrogens is 256 g/mol. The molecule has 0 fully saturated rings. The van der Waals surface area contributed by atoms with Gasteiger partial charge in [0.05, 0.1) is 6.54 Å². The van der Waals surface area contributed by atoms with E-state index in [9.17, 15) is 9.59 Å². The number of rotatable bonds is 2. The van der Waals surface area contributed by atoms with Crippen LogP contribution < -0.4 is 5.32 Å². The largest absolute Gasteiger partial charge is 0.444 e. The van der Waals surface area contributed by atoms with Crippen LogP contribution in [-0.4, -0.2) is 29.5 Å². The Hall–Kier alpha value is -2.04. The maximum absolute atomic E-state index is 12.1. The molecule has 5 heteroatoms. The predicted octanol–water partition coefficient (Wildman–Crippen LogP) is 2.55. The van der Waals surface area contributed by atoms with Crippen molar-refractivity contribution in [3.05, 3.63) is 29.3 Å². The molecule has 108 valence electrons. The van der Waals surface area contributed by atoms with Crippen molar-refractivity contribution < 1.29 is 14.3 Å². The van der Waals surface area contributed by atoms with Gasteiger partial charge in [-0.2, -0.15) is 0 Å². The number of hydrogen-bond acceptors (Lipinski definition) is 3. The molecule has 0 aromatic heterocycles. The third kappa shape index (κ3) is 3.29. The Bertz CT molecular complexity index is 520. The Balaban J connectivity index is 2.17. The molecule has 0 saturated carbocycles. The van der Waals surface area contributed by atoms with Crippen LogP contribution in [0.15, 0.2) is 18.2 Å². The zero-order valence-electron chi connectivity index (χ0n) is 12.1. The molecule has 1 aliphatic heterocycles. The van der Waals surface area contributed by atoms with Crippen LogP contribution in [0, 0.1) is 0 Å². The number of hydrogen-bond donors (Lipinski definition) is 1. The van der Waals surface area contributed by atoms with Crippen molar-refractivity contribution in [2.75, 3.05) is 11.9 Å². The summed E-state index contributed by atoms with van der Waals surface area (Å²) in [5.41, 5.74) is 2.40. The highest BCUT2D eigenvalue weighted by molar-refractivity contribution is 5.75. The molecule has 0 unspecified atom stereocenters. The summed E-state index contributed by atoms with van der Waals surface area (Å²) < 4.78 is 5.39. The number of nitrogens with one attached hydrogen (secondary N) is 1. The normalized spacial score (nSPS) is 14.4. The van der Waals surface area contributed by atoms with Crippen LogP contribution in [0.3, 0.4) is 0 Å². The molecule has 2 rings (SSSR count). The van der Waals surface area contributed by atoms with Crippen LogP contribution in [0.25, 0.3) is 0 Å². The van der Waals surface area contributed by atoms with E-state index in [0.717, 1.165) is 23.2 Å². The van der Waals surface area contributed by atoms with Gasteiger partial charge >= 0.3 is 6.09 Å². The Morgan fingerprint density at radius 1 is 1.40 bits per heavy atom. The third-order valence-corrected chi connectivity index (χ3v) is 3.14. The van der Waals surface area contributed by atoms with Crippen LogP contribution in [0.1, 0.15) is 31.9 Å². The number of amides is 2. The molecule has 1 aliphatic rings. The predicted molar refractivity (Wildman–Crippen MR) is 76.5 cm³/mol. The molecule has 2 amide bonds. The molecule has 1 aromatic carbocycles. The van der Waals surface area contributed by atoms with Crippen molar-refractivity contribution in [2.24, 2.45) is 0 Å². The second-order valence-electron chi connectivity index (χ2n) is 5.86. The van der Waals surface area contributed by atoms with Crippen LogP contribution in [-0.2, 0) is 22.5 Å². The molecule has 1 N–H and O–H groups in total. The van der Waals surface area contributed by atoms with E-state index < -0.39 is 5.60 Å². The van der Waals surface area contributed by atoms with E-state index in [1.165, 1.54) is 0 Å². The topological polar surface area (TPSA) is 58.6 Å². The van der Waals surface area contributed by atoms with Gasteiger partial charge in [-0.05, 0) is 44.4 Å². The minimum atomic E-state index is -0.502. The Labute approximate surface area is 118 Å². The molecular formula is C15H20N2O3. The van der Waals surface area contributed by atoms with Gasteiger partial charge in [0.1, 0.15) is 5.60 Å². The van der Waals surface area contributed by atoms with Crippen molar-refractivity contribution in [1.82, 2.24) is 4.90 Å². The van der Waals surface area contributed by atoms with Crippen molar-refractivity contribution in [2.45, 2.75) is 39.3 Å². The van der Waals surface area contributed by atoms with Gasteiger partial charge in [0, 0.05) is 12.2 Å². The van der Waals surface area contributed by atoms with Gasteiger partial charge in [0.25, 0.3) is 0 Å². The summed E-state index contributed by atoms with van der Waals surface area (Å²) in [5, 5.41) is 2.68. The van der Waals surface area contributed by atoms with Crippen LogP contribution in [0.4, 0.5) is 10.5 Å². The maximum Gasteiger partial charge on any atom is 0.410 e. The fraction of sp³-hybridized carbons (Fsp3) is 0.467. The van der Waals surface area contributed by atoms with Gasteiger partial charge in [-0.3, -0.25) is 4.79 Å². The molecule has 0 radical (unpaired) electrons. The number of fused-ring (bicyclic) bond motifs is 1. The van der Waals surface area contributed by atoms with E-state index in [0.29, 0.717) is 19.5 Å². The monoisotopic (exact) mass is 276 g/mol. The fourth-order valence-corrected chi connectivity index (χ4v) is 2.26. The minimum absolute atomic E-state index is 0.316. The first-order chi connectivity index (χ1) is 9.40. The molecule has 0 aliphatic carbocycles. The quantitative estimate of drug-likeness (QED) is 0.844. The summed E-state index contributed by atoms with van der Waals surface area (Å²) in [6.07, 6.45) is 1.11. The van der Waals surface area contributed by atoms with E-state index in [1.54, 1.807) is 4.90 Å². The number of carbonyl (C=O) groups is 2. The molecule has 5 nitrogen and oxygen atoms in total. The number of ether oxygens (including phenoxy) is 1. The lowest BCUT2D eigenvalue weighted by molar-refractivity contribution is -0.105. The standard InChI is InChI=1S/C15H20N2O3/c1-15(2,3)20-14(19)17-8-7-11-5-4-6-13(16-10-18)12(11)9-17/h4-6,10H,7-9H2,1-3H3,(H,16,18). The van der Waals surface area contributed by atoms with Crippen molar-refractivity contribution in [1.29, 1.82) is 0 Å². The Kier molecular flexibility index (Phi) is 3.97. The summed E-state index contributed by atoms with van der Waals surface area (Å²) in [6.45, 7) is 6.64. The Morgan fingerprint density at radius 3 is 2.80 bits per heavy atom. The summed E-state index contributed by atoms with van der Waals surface area (Å²) in [6, 6.07) is 5.78. The highest BCUT2D eigenvalue weighted by atomic mass is 16.6.